The minimum Gasteiger partial charge on any atom is -0.475 e. The first-order chi connectivity index (χ1) is 20.4. The molecule has 2 aromatic carbocycles. The minimum atomic E-state index is -0.0508. The van der Waals surface area contributed by atoms with E-state index in [0.29, 0.717) is 50.3 Å². The number of amides is 1. The van der Waals surface area contributed by atoms with Crippen LogP contribution in [-0.2, 0) is 17.8 Å². The molecule has 8 nitrogen and oxygen atoms in total. The Hall–Kier alpha value is -4.09. The van der Waals surface area contributed by atoms with Crippen LogP contribution >= 0.6 is 0 Å². The molecule has 43 heavy (non-hydrogen) atoms. The van der Waals surface area contributed by atoms with Gasteiger partial charge in [-0.2, -0.15) is 5.26 Å². The molecule has 2 saturated heterocycles. The van der Waals surface area contributed by atoms with Crippen molar-refractivity contribution in [3.8, 4) is 11.9 Å². The van der Waals surface area contributed by atoms with Crippen molar-refractivity contribution in [3.05, 3.63) is 71.4 Å². The third kappa shape index (κ3) is 5.66. The van der Waals surface area contributed by atoms with Crippen molar-refractivity contribution < 1.29 is 9.53 Å². The molecule has 1 aromatic heterocycles. The number of hydrogen-bond acceptors (Lipinski definition) is 7. The first-order valence-corrected chi connectivity index (χ1v) is 15.1. The van der Waals surface area contributed by atoms with Crippen molar-refractivity contribution in [3.63, 3.8) is 0 Å². The number of likely N-dealkylation sites (N-methyl/N-ethyl adjacent to an activating group) is 1. The topological polar surface area (TPSA) is 75.9 Å². The standard InChI is InChI=1S/C34H40N6O2.CH4/c1-5-31(41)40-18-17-39(20-24(40)3)33-27-14-16-38(30-13-7-11-25-10-6-9-23(2)32(25)30)21-29(27)36-34(28(33)19-35)42-22-26-12-8-15-37(26)4;/h5-7,9-11,13,24,26H,1,8,12,14-18,20-22H2,2-4H3;1H4/t24-,26+;/m1./s1. The average molecular weight is 581 g/mol. The second-order valence-electron chi connectivity index (χ2n) is 11.9. The summed E-state index contributed by atoms with van der Waals surface area (Å²) in [7, 11) is 2.13. The van der Waals surface area contributed by atoms with Crippen LogP contribution in [0.1, 0.15) is 49.6 Å². The highest BCUT2D eigenvalue weighted by Crippen LogP contribution is 2.40. The zero-order chi connectivity index (χ0) is 29.4. The van der Waals surface area contributed by atoms with Crippen LogP contribution in [-0.4, -0.2) is 79.2 Å². The zero-order valence-electron chi connectivity index (χ0n) is 25.0. The fraction of sp³-hybridized carbons (Fsp3) is 0.457. The summed E-state index contributed by atoms with van der Waals surface area (Å²) in [5.74, 6) is 0.380. The van der Waals surface area contributed by atoms with E-state index in [0.717, 1.165) is 49.3 Å². The molecule has 2 fully saturated rings. The van der Waals surface area contributed by atoms with E-state index in [9.17, 15) is 10.1 Å². The molecule has 3 aliphatic rings. The second-order valence-corrected chi connectivity index (χ2v) is 11.9. The molecule has 3 aliphatic heterocycles. The van der Waals surface area contributed by atoms with Crippen LogP contribution in [0.5, 0.6) is 5.88 Å². The summed E-state index contributed by atoms with van der Waals surface area (Å²) in [6, 6.07) is 15.7. The van der Waals surface area contributed by atoms with Crippen molar-refractivity contribution >= 4 is 28.1 Å². The number of anilines is 2. The van der Waals surface area contributed by atoms with Crippen LogP contribution in [0.15, 0.2) is 49.1 Å². The largest absolute Gasteiger partial charge is 0.475 e. The number of nitriles is 1. The second kappa shape index (κ2) is 12.6. The van der Waals surface area contributed by atoms with Crippen LogP contribution in [0.3, 0.4) is 0 Å². The molecule has 0 unspecified atom stereocenters. The summed E-state index contributed by atoms with van der Waals surface area (Å²) in [4.78, 5) is 26.4. The number of hydrogen-bond donors (Lipinski definition) is 0. The highest BCUT2D eigenvalue weighted by molar-refractivity contribution is 5.97. The van der Waals surface area contributed by atoms with Crippen molar-refractivity contribution in [2.24, 2.45) is 0 Å². The Morgan fingerprint density at radius 1 is 1.16 bits per heavy atom. The molecule has 3 aromatic rings. The number of aromatic nitrogens is 1. The van der Waals surface area contributed by atoms with E-state index >= 15 is 0 Å². The lowest BCUT2D eigenvalue weighted by molar-refractivity contribution is -0.128. The van der Waals surface area contributed by atoms with Gasteiger partial charge in [0.05, 0.1) is 17.9 Å². The number of piperazine rings is 1. The normalized spacial score (nSPS) is 20.4. The summed E-state index contributed by atoms with van der Waals surface area (Å²) in [5.41, 5.74) is 6.01. The quantitative estimate of drug-likeness (QED) is 0.366. The maximum atomic E-state index is 12.5. The van der Waals surface area contributed by atoms with Gasteiger partial charge < -0.3 is 24.3 Å². The average Bonchev–Trinajstić information content (AvgIpc) is 3.42. The summed E-state index contributed by atoms with van der Waals surface area (Å²) in [5, 5.41) is 13.0. The van der Waals surface area contributed by atoms with E-state index in [2.05, 4.69) is 84.6 Å². The van der Waals surface area contributed by atoms with Crippen LogP contribution < -0.4 is 14.5 Å². The van der Waals surface area contributed by atoms with Crippen LogP contribution in [0.2, 0.25) is 0 Å². The van der Waals surface area contributed by atoms with Crippen molar-refractivity contribution in [1.29, 1.82) is 5.26 Å². The zero-order valence-corrected chi connectivity index (χ0v) is 25.0. The fourth-order valence-corrected chi connectivity index (χ4v) is 7.03. The van der Waals surface area contributed by atoms with Gasteiger partial charge in [-0.15, -0.1) is 0 Å². The van der Waals surface area contributed by atoms with Gasteiger partial charge in [-0.1, -0.05) is 44.3 Å². The number of carbonyl (C=O) groups excluding carboxylic acids is 1. The van der Waals surface area contributed by atoms with Gasteiger partial charge in [-0.25, -0.2) is 4.98 Å². The number of pyridine rings is 1. The molecule has 0 radical (unpaired) electrons. The third-order valence-electron chi connectivity index (χ3n) is 9.32. The van der Waals surface area contributed by atoms with Crippen molar-refractivity contribution in [1.82, 2.24) is 14.8 Å². The lowest BCUT2D eigenvalue weighted by atomic mass is 9.96. The first-order valence-electron chi connectivity index (χ1n) is 15.1. The van der Waals surface area contributed by atoms with Crippen molar-refractivity contribution in [2.75, 3.05) is 56.2 Å². The maximum Gasteiger partial charge on any atom is 0.246 e. The lowest BCUT2D eigenvalue weighted by Gasteiger charge is -2.42. The van der Waals surface area contributed by atoms with E-state index in [1.54, 1.807) is 0 Å². The van der Waals surface area contributed by atoms with Gasteiger partial charge in [0.25, 0.3) is 0 Å². The fourth-order valence-electron chi connectivity index (χ4n) is 7.03. The molecule has 4 heterocycles. The summed E-state index contributed by atoms with van der Waals surface area (Å²) >= 11 is 0. The monoisotopic (exact) mass is 580 g/mol. The number of carbonyl (C=O) groups is 1. The van der Waals surface area contributed by atoms with E-state index in [1.807, 2.05) is 4.90 Å². The molecule has 0 saturated carbocycles. The first kappa shape index (κ1) is 30.4. The van der Waals surface area contributed by atoms with E-state index < -0.39 is 0 Å². The van der Waals surface area contributed by atoms with Gasteiger partial charge in [0.2, 0.25) is 11.8 Å². The molecular formula is C35H44N6O2. The Morgan fingerprint density at radius 3 is 2.65 bits per heavy atom. The maximum absolute atomic E-state index is 12.5. The molecule has 0 spiro atoms. The Kier molecular flexibility index (Phi) is 8.93. The highest BCUT2D eigenvalue weighted by atomic mass is 16.5. The predicted octanol–water partition coefficient (Wildman–Crippen LogP) is 5.31. The van der Waals surface area contributed by atoms with Gasteiger partial charge in [-0.05, 0) is 69.8 Å². The molecule has 0 bridgehead atoms. The van der Waals surface area contributed by atoms with Crippen LogP contribution in [0.25, 0.3) is 10.8 Å². The number of rotatable bonds is 6. The van der Waals surface area contributed by atoms with Gasteiger partial charge in [0.15, 0.2) is 0 Å². The smallest absolute Gasteiger partial charge is 0.246 e. The number of benzene rings is 2. The van der Waals surface area contributed by atoms with Gasteiger partial charge in [-0.3, -0.25) is 4.79 Å². The van der Waals surface area contributed by atoms with E-state index in [4.69, 9.17) is 9.72 Å². The van der Waals surface area contributed by atoms with Gasteiger partial charge >= 0.3 is 0 Å². The Bertz CT molecular complexity index is 1560. The van der Waals surface area contributed by atoms with E-state index in [1.165, 1.54) is 28.1 Å². The number of nitrogens with zero attached hydrogens (tertiary/aromatic N) is 6. The summed E-state index contributed by atoms with van der Waals surface area (Å²) in [6.07, 6.45) is 4.40. The number of ether oxygens (including phenoxy) is 1. The summed E-state index contributed by atoms with van der Waals surface area (Å²) < 4.78 is 6.42. The molecule has 2 atom stereocenters. The molecule has 0 N–H and O–H groups in total. The summed E-state index contributed by atoms with van der Waals surface area (Å²) in [6.45, 7) is 12.8. The van der Waals surface area contributed by atoms with E-state index in [-0.39, 0.29) is 19.4 Å². The molecular weight excluding hydrogens is 536 g/mol. The SMILES string of the molecule is C.C=CC(=O)N1CCN(c2c(C#N)c(OC[C@@H]3CCCN3C)nc3c2CCN(c2cccc4cccc(C)c24)C3)C[C@H]1C. The highest BCUT2D eigenvalue weighted by Gasteiger charge is 2.34. The molecule has 6 rings (SSSR count). The van der Waals surface area contributed by atoms with Gasteiger partial charge in [0.1, 0.15) is 18.2 Å². The lowest BCUT2D eigenvalue weighted by Crippen LogP contribution is -2.54. The predicted molar refractivity (Wildman–Crippen MR) is 174 cm³/mol. The number of fused-ring (bicyclic) bond motifs is 2. The Labute approximate surface area is 256 Å². The molecule has 1 amide bonds. The van der Waals surface area contributed by atoms with Gasteiger partial charge in [0, 0.05) is 54.9 Å². The number of aryl methyl sites for hydroxylation is 1. The van der Waals surface area contributed by atoms with Crippen LogP contribution in [0, 0.1) is 18.3 Å². The van der Waals surface area contributed by atoms with Crippen LogP contribution in [0.4, 0.5) is 11.4 Å². The molecule has 8 heteroatoms. The molecule has 226 valence electrons. The number of likely N-dealkylation sites (tertiary alicyclic amines) is 1. The minimum absolute atomic E-state index is 0. The Balaban J connectivity index is 0.00000368. The third-order valence-corrected chi connectivity index (χ3v) is 9.32. The Morgan fingerprint density at radius 2 is 1.95 bits per heavy atom. The van der Waals surface area contributed by atoms with Crippen molar-refractivity contribution in [2.45, 2.75) is 59.2 Å². The molecule has 0 aliphatic carbocycles.